The van der Waals surface area contributed by atoms with Crippen LogP contribution in [0.25, 0.3) is 0 Å². The van der Waals surface area contributed by atoms with Gasteiger partial charge in [0.25, 0.3) is 0 Å². The third kappa shape index (κ3) is 3.04. The van der Waals surface area contributed by atoms with Crippen LogP contribution in [0.4, 0.5) is 5.82 Å². The zero-order valence-electron chi connectivity index (χ0n) is 13.3. The zero-order valence-corrected chi connectivity index (χ0v) is 14.2. The first kappa shape index (κ1) is 15.1. The lowest BCUT2D eigenvalue weighted by Gasteiger charge is -2.36. The summed E-state index contributed by atoms with van der Waals surface area (Å²) in [4.78, 5) is 8.81. The van der Waals surface area contributed by atoms with Crippen molar-refractivity contribution in [3.05, 3.63) is 12.5 Å². The summed E-state index contributed by atoms with van der Waals surface area (Å²) in [6, 6.07) is 0. The molecule has 2 heterocycles. The number of aliphatic hydroxyl groups is 1. The molecule has 2 atom stereocenters. The molecule has 0 aromatic carbocycles. The Labute approximate surface area is 130 Å². The summed E-state index contributed by atoms with van der Waals surface area (Å²) in [7, 11) is 0. The van der Waals surface area contributed by atoms with Gasteiger partial charge in [-0.15, -0.1) is 11.1 Å². The molecule has 1 fully saturated rings. The molecule has 1 N–H and O–H groups in total. The number of fused-ring (bicyclic) bond motifs is 1. The molecule has 118 valence electrons. The minimum atomic E-state index is -0.738. The molecule has 1 aromatic rings. The number of aromatic nitrogens is 2. The fourth-order valence-electron chi connectivity index (χ4n) is 3.48. The largest absolute Gasteiger partial charge is 0.382 e. The van der Waals surface area contributed by atoms with Gasteiger partial charge in [-0.3, -0.25) is 3.97 Å². The van der Waals surface area contributed by atoms with E-state index in [1.807, 2.05) is 6.33 Å². The molecule has 4 nitrogen and oxygen atoms in total. The maximum Gasteiger partial charge on any atom is 0.162 e. The number of nitrogens with zero attached hydrogens (tertiary/aromatic N) is 3. The van der Waals surface area contributed by atoms with Gasteiger partial charge in [-0.05, 0) is 49.9 Å². The van der Waals surface area contributed by atoms with Gasteiger partial charge in [0.1, 0.15) is 11.8 Å². The lowest BCUT2D eigenvalue weighted by atomic mass is 9.72. The van der Waals surface area contributed by atoms with Gasteiger partial charge in [0, 0.05) is 0 Å². The van der Waals surface area contributed by atoms with Gasteiger partial charge in [0.05, 0.1) is 11.2 Å². The monoisotopic (exact) mass is 309 g/mol. The van der Waals surface area contributed by atoms with E-state index in [0.29, 0.717) is 11.3 Å². The first-order valence-corrected chi connectivity index (χ1v) is 9.44. The van der Waals surface area contributed by atoms with E-state index in [1.165, 1.54) is 25.7 Å². The van der Waals surface area contributed by atoms with Gasteiger partial charge < -0.3 is 5.11 Å². The van der Waals surface area contributed by atoms with Crippen molar-refractivity contribution >= 4 is 21.9 Å². The van der Waals surface area contributed by atoms with E-state index in [9.17, 15) is 5.11 Å². The van der Waals surface area contributed by atoms with Crippen LogP contribution in [0.5, 0.6) is 0 Å². The summed E-state index contributed by atoms with van der Waals surface area (Å²) in [5.74, 6) is 1.59. The molecule has 1 aromatic heterocycles. The van der Waals surface area contributed by atoms with E-state index >= 15 is 0 Å². The molecule has 0 radical (unpaired) electrons. The number of imidazole rings is 1. The molecule has 2 aliphatic rings. The molecule has 0 saturated heterocycles. The summed E-state index contributed by atoms with van der Waals surface area (Å²) in [5.41, 5.74) is 0.216. The van der Waals surface area contributed by atoms with Crippen LogP contribution >= 0.6 is 11.1 Å². The van der Waals surface area contributed by atoms with E-state index < -0.39 is 11.1 Å². The third-order valence-corrected chi connectivity index (χ3v) is 7.44. The van der Waals surface area contributed by atoms with Crippen molar-refractivity contribution in [1.29, 1.82) is 0 Å². The molecular weight excluding hydrogens is 282 g/mol. The molecule has 21 heavy (non-hydrogen) atoms. The van der Waals surface area contributed by atoms with Crippen molar-refractivity contribution in [2.45, 2.75) is 64.7 Å². The van der Waals surface area contributed by atoms with E-state index in [4.69, 9.17) is 0 Å². The van der Waals surface area contributed by atoms with Crippen molar-refractivity contribution < 1.29 is 5.11 Å². The van der Waals surface area contributed by atoms with E-state index in [-0.39, 0.29) is 5.44 Å². The number of hydrogen-bond donors (Lipinski definition) is 2. The van der Waals surface area contributed by atoms with Gasteiger partial charge in [0.2, 0.25) is 0 Å². The maximum atomic E-state index is 10.8. The highest BCUT2D eigenvalue weighted by molar-refractivity contribution is 8.29. The van der Waals surface area contributed by atoms with E-state index in [0.717, 1.165) is 23.7 Å². The lowest BCUT2D eigenvalue weighted by molar-refractivity contribution is 0.149. The summed E-state index contributed by atoms with van der Waals surface area (Å²) < 4.78 is 2.10. The number of hydrogen-bond acceptors (Lipinski definition) is 3. The Balaban J connectivity index is 1.66. The zero-order chi connectivity index (χ0) is 15.0. The van der Waals surface area contributed by atoms with Crippen LogP contribution in [0.15, 0.2) is 17.5 Å². The van der Waals surface area contributed by atoms with E-state index in [2.05, 4.69) is 34.7 Å². The smallest absolute Gasteiger partial charge is 0.162 e. The maximum absolute atomic E-state index is 10.8. The van der Waals surface area contributed by atoms with Crippen LogP contribution < -0.4 is 0 Å². The summed E-state index contributed by atoms with van der Waals surface area (Å²) in [6.45, 7) is 6.85. The van der Waals surface area contributed by atoms with Crippen LogP contribution in [0.2, 0.25) is 0 Å². The highest BCUT2D eigenvalue weighted by Crippen LogP contribution is 2.48. The van der Waals surface area contributed by atoms with Gasteiger partial charge in [-0.1, -0.05) is 20.8 Å². The van der Waals surface area contributed by atoms with Crippen molar-refractivity contribution in [1.82, 2.24) is 8.96 Å². The van der Waals surface area contributed by atoms with Crippen LogP contribution in [0, 0.1) is 11.3 Å². The molecular formula is C16H27N3OS. The number of aliphatic imine (C=N–C) groups is 1. The fraction of sp³-hybridized carbons (Fsp3) is 0.750. The number of aliphatic hydroxyl groups excluding tert-OH is 1. The van der Waals surface area contributed by atoms with Crippen molar-refractivity contribution in [3.8, 4) is 0 Å². The summed E-state index contributed by atoms with van der Waals surface area (Å²) >= 11 is -0.738. The molecule has 0 amide bonds. The Kier molecular flexibility index (Phi) is 4.14. The second-order valence-electron chi connectivity index (χ2n) is 7.15. The highest BCUT2D eigenvalue weighted by Gasteiger charge is 2.32. The van der Waals surface area contributed by atoms with Crippen molar-refractivity contribution in [3.63, 3.8) is 0 Å². The van der Waals surface area contributed by atoms with Crippen molar-refractivity contribution in [2.24, 2.45) is 16.3 Å². The third-order valence-electron chi connectivity index (χ3n) is 4.94. The second kappa shape index (κ2) is 5.76. The normalized spacial score (nSPS) is 28.2. The van der Waals surface area contributed by atoms with Gasteiger partial charge in [0.15, 0.2) is 5.82 Å². The lowest BCUT2D eigenvalue weighted by Crippen LogP contribution is -2.25. The molecule has 1 saturated carbocycles. The molecule has 5 heteroatoms. The van der Waals surface area contributed by atoms with Gasteiger partial charge >= 0.3 is 0 Å². The quantitative estimate of drug-likeness (QED) is 0.825. The first-order valence-electron chi connectivity index (χ1n) is 8.07. The summed E-state index contributed by atoms with van der Waals surface area (Å²) in [6.07, 6.45) is 10.5. The SMILES string of the molecule is CCC1=Nc2cncn2[SH]1C(O)CC1CCC(C)(C)CC1. The van der Waals surface area contributed by atoms with Crippen LogP contribution in [-0.4, -0.2) is 24.5 Å². The van der Waals surface area contributed by atoms with Gasteiger partial charge in [-0.25, -0.2) is 9.98 Å². The number of thiol groups is 1. The first-order chi connectivity index (χ1) is 10.00. The molecule has 1 aliphatic heterocycles. The molecule has 0 bridgehead atoms. The highest BCUT2D eigenvalue weighted by atomic mass is 32.2. The van der Waals surface area contributed by atoms with Crippen LogP contribution in [0.3, 0.4) is 0 Å². The van der Waals surface area contributed by atoms with Crippen LogP contribution in [0.1, 0.15) is 59.3 Å². The molecule has 1 aliphatic carbocycles. The number of rotatable bonds is 4. The standard InChI is InChI=1S/C16H27N3OS/c1-4-14-18-13-10-17-11-19(13)21(14)15(20)9-12-5-7-16(2,3)8-6-12/h10-12,15,20-21H,4-9H2,1-3H3. The Morgan fingerprint density at radius 2 is 2.14 bits per heavy atom. The minimum absolute atomic E-state index is 0.277. The second-order valence-corrected chi connectivity index (χ2v) is 9.38. The Morgan fingerprint density at radius 1 is 1.43 bits per heavy atom. The predicted molar refractivity (Wildman–Crippen MR) is 90.4 cm³/mol. The average molecular weight is 309 g/mol. The van der Waals surface area contributed by atoms with Crippen molar-refractivity contribution in [2.75, 3.05) is 0 Å². The Hall–Kier alpha value is -0.810. The molecule has 0 spiro atoms. The summed E-state index contributed by atoms with van der Waals surface area (Å²) in [5, 5.41) is 12.0. The predicted octanol–water partition coefficient (Wildman–Crippen LogP) is 4.03. The molecule has 3 rings (SSSR count). The van der Waals surface area contributed by atoms with E-state index in [1.54, 1.807) is 6.20 Å². The fourth-order valence-corrected chi connectivity index (χ4v) is 5.88. The Bertz CT molecular complexity index is 527. The Morgan fingerprint density at radius 3 is 2.81 bits per heavy atom. The minimum Gasteiger partial charge on any atom is -0.382 e. The average Bonchev–Trinajstić information content (AvgIpc) is 3.00. The molecule has 2 unspecified atom stereocenters. The van der Waals surface area contributed by atoms with Crippen LogP contribution in [-0.2, 0) is 0 Å². The topological polar surface area (TPSA) is 50.4 Å². The van der Waals surface area contributed by atoms with Gasteiger partial charge in [-0.2, -0.15) is 0 Å².